The third-order valence-corrected chi connectivity index (χ3v) is 8.27. The summed E-state index contributed by atoms with van der Waals surface area (Å²) in [6.07, 6.45) is 0.758. The summed E-state index contributed by atoms with van der Waals surface area (Å²) >= 11 is 7.64. The molecule has 1 aromatic heterocycles. The van der Waals surface area contributed by atoms with Gasteiger partial charge in [0.2, 0.25) is 5.91 Å². The maximum Gasteiger partial charge on any atom is 0.288 e. The van der Waals surface area contributed by atoms with Crippen molar-refractivity contribution in [3.05, 3.63) is 96.2 Å². The molecule has 0 saturated carbocycles. The lowest BCUT2D eigenvalue weighted by atomic mass is 9.85. The fraction of sp³-hybridized carbons (Fsp3) is 0.379. The van der Waals surface area contributed by atoms with E-state index < -0.39 is 10.8 Å². The van der Waals surface area contributed by atoms with Gasteiger partial charge in [-0.15, -0.1) is 11.3 Å². The van der Waals surface area contributed by atoms with E-state index in [2.05, 4.69) is 56.5 Å². The zero-order valence-corrected chi connectivity index (χ0v) is 23.8. The average Bonchev–Trinajstić information content (AvgIpc) is 3.34. The minimum atomic E-state index is -0.619. The van der Waals surface area contributed by atoms with Crippen LogP contribution in [0.15, 0.2) is 53.9 Å². The second-order valence-corrected chi connectivity index (χ2v) is 12.3. The number of nitrogens with zero attached hydrogens (tertiary/aromatic N) is 3. The molecule has 9 heteroatoms. The minimum Gasteiger partial charge on any atom is -0.330 e. The van der Waals surface area contributed by atoms with E-state index in [1.165, 1.54) is 33.5 Å². The van der Waals surface area contributed by atoms with Crippen LogP contribution < -0.4 is 0 Å². The predicted molar refractivity (Wildman–Crippen MR) is 151 cm³/mol. The van der Waals surface area contributed by atoms with Crippen molar-refractivity contribution in [3.8, 4) is 0 Å². The third kappa shape index (κ3) is 5.61. The van der Waals surface area contributed by atoms with E-state index in [0.717, 1.165) is 17.5 Å². The van der Waals surface area contributed by atoms with Crippen molar-refractivity contribution in [2.75, 3.05) is 13.1 Å². The lowest BCUT2D eigenvalue weighted by Gasteiger charge is -2.38. The van der Waals surface area contributed by atoms with E-state index in [1.807, 2.05) is 18.7 Å². The molecule has 0 fully saturated rings. The van der Waals surface area contributed by atoms with Crippen LogP contribution in [-0.4, -0.2) is 45.7 Å². The van der Waals surface area contributed by atoms with Gasteiger partial charge in [-0.3, -0.25) is 19.7 Å². The Labute approximate surface area is 232 Å². The maximum atomic E-state index is 13.8. The zero-order valence-electron chi connectivity index (χ0n) is 22.2. The van der Waals surface area contributed by atoms with Crippen LogP contribution in [0.1, 0.15) is 72.6 Å². The summed E-state index contributed by atoms with van der Waals surface area (Å²) < 4.78 is 0. The number of rotatable bonds is 6. The molecule has 1 aliphatic heterocycles. The summed E-state index contributed by atoms with van der Waals surface area (Å²) in [4.78, 5) is 42.6. The summed E-state index contributed by atoms with van der Waals surface area (Å²) in [7, 11) is 0. The van der Waals surface area contributed by atoms with Gasteiger partial charge in [0.05, 0.1) is 11.0 Å². The second-order valence-electron chi connectivity index (χ2n) is 10.9. The fourth-order valence-corrected chi connectivity index (χ4v) is 5.88. The number of halogens is 1. The Balaban J connectivity index is 1.64. The SMILES string of the molecule is CC(C)N(CC(=O)N1CCc2sccc2C1c1ccc(C(C)(C)C)cc1)C(=O)c1ccc(Cl)c([N+](=O)[O-])c1. The molecular weight excluding hydrogens is 522 g/mol. The van der Waals surface area contributed by atoms with Gasteiger partial charge < -0.3 is 9.80 Å². The molecule has 0 saturated heterocycles. The van der Waals surface area contributed by atoms with E-state index in [-0.39, 0.29) is 46.2 Å². The van der Waals surface area contributed by atoms with E-state index in [4.69, 9.17) is 11.6 Å². The van der Waals surface area contributed by atoms with Gasteiger partial charge in [0.1, 0.15) is 11.6 Å². The molecule has 3 aromatic rings. The summed E-state index contributed by atoms with van der Waals surface area (Å²) in [5.41, 5.74) is 3.16. The third-order valence-electron chi connectivity index (χ3n) is 6.96. The van der Waals surface area contributed by atoms with Crippen molar-refractivity contribution in [1.82, 2.24) is 9.80 Å². The molecule has 2 aromatic carbocycles. The predicted octanol–water partition coefficient (Wildman–Crippen LogP) is 6.63. The van der Waals surface area contributed by atoms with E-state index in [0.29, 0.717) is 6.54 Å². The van der Waals surface area contributed by atoms with Crippen LogP contribution in [0.2, 0.25) is 5.02 Å². The lowest BCUT2D eigenvalue weighted by Crippen LogP contribution is -2.48. The van der Waals surface area contributed by atoms with Gasteiger partial charge in [0, 0.05) is 29.1 Å². The Morgan fingerprint density at radius 2 is 1.84 bits per heavy atom. The summed E-state index contributed by atoms with van der Waals surface area (Å²) in [6.45, 7) is 10.6. The Morgan fingerprint density at radius 1 is 1.16 bits per heavy atom. The molecule has 4 rings (SSSR count). The first-order valence-corrected chi connectivity index (χ1v) is 13.9. The second kappa shape index (κ2) is 10.9. The van der Waals surface area contributed by atoms with Gasteiger partial charge in [-0.2, -0.15) is 0 Å². The maximum absolute atomic E-state index is 13.8. The highest BCUT2D eigenvalue weighted by atomic mass is 35.5. The van der Waals surface area contributed by atoms with Crippen LogP contribution in [-0.2, 0) is 16.6 Å². The van der Waals surface area contributed by atoms with Gasteiger partial charge in [-0.05, 0) is 66.0 Å². The molecule has 38 heavy (non-hydrogen) atoms. The summed E-state index contributed by atoms with van der Waals surface area (Å²) in [6, 6.07) is 13.9. The van der Waals surface area contributed by atoms with Gasteiger partial charge in [-0.25, -0.2) is 0 Å². The number of hydrogen-bond acceptors (Lipinski definition) is 5. The quantitative estimate of drug-likeness (QED) is 0.253. The van der Waals surface area contributed by atoms with Gasteiger partial charge in [0.15, 0.2) is 0 Å². The molecule has 0 spiro atoms. The van der Waals surface area contributed by atoms with Crippen LogP contribution in [0.25, 0.3) is 0 Å². The van der Waals surface area contributed by atoms with Crippen molar-refractivity contribution >= 4 is 40.4 Å². The monoisotopic (exact) mass is 553 g/mol. The number of benzene rings is 2. The highest BCUT2D eigenvalue weighted by molar-refractivity contribution is 7.10. The Bertz CT molecular complexity index is 1360. The highest BCUT2D eigenvalue weighted by Crippen LogP contribution is 2.38. The molecule has 1 aliphatic rings. The number of carbonyl (C=O) groups excluding carboxylic acids is 2. The minimum absolute atomic E-state index is 0.0169. The fourth-order valence-electron chi connectivity index (χ4n) is 4.79. The molecule has 2 amide bonds. The molecule has 200 valence electrons. The first-order chi connectivity index (χ1) is 17.9. The highest BCUT2D eigenvalue weighted by Gasteiger charge is 2.35. The number of carbonyl (C=O) groups is 2. The molecule has 0 radical (unpaired) electrons. The molecule has 0 bridgehead atoms. The van der Waals surface area contributed by atoms with E-state index in [9.17, 15) is 19.7 Å². The van der Waals surface area contributed by atoms with Gasteiger partial charge >= 0.3 is 0 Å². The van der Waals surface area contributed by atoms with Crippen LogP contribution in [0.4, 0.5) is 5.69 Å². The molecule has 0 aliphatic carbocycles. The molecule has 1 unspecified atom stereocenters. The number of thiophene rings is 1. The van der Waals surface area contributed by atoms with Crippen LogP contribution in [0.5, 0.6) is 0 Å². The zero-order chi connectivity index (χ0) is 27.8. The van der Waals surface area contributed by atoms with E-state index >= 15 is 0 Å². The van der Waals surface area contributed by atoms with E-state index in [1.54, 1.807) is 11.3 Å². The number of fused-ring (bicyclic) bond motifs is 1. The molecule has 7 nitrogen and oxygen atoms in total. The van der Waals surface area contributed by atoms with Gasteiger partial charge in [-0.1, -0.05) is 56.6 Å². The Hall–Kier alpha value is -3.23. The van der Waals surface area contributed by atoms with Crippen LogP contribution in [0, 0.1) is 10.1 Å². The lowest BCUT2D eigenvalue weighted by molar-refractivity contribution is -0.384. The van der Waals surface area contributed by atoms with Crippen molar-refractivity contribution in [1.29, 1.82) is 0 Å². The first-order valence-electron chi connectivity index (χ1n) is 12.6. The Morgan fingerprint density at radius 3 is 2.45 bits per heavy atom. The van der Waals surface area contributed by atoms with Gasteiger partial charge in [0.25, 0.3) is 11.6 Å². The largest absolute Gasteiger partial charge is 0.330 e. The number of hydrogen-bond donors (Lipinski definition) is 0. The van der Waals surface area contributed by atoms with Crippen LogP contribution >= 0.6 is 22.9 Å². The number of nitro groups is 1. The topological polar surface area (TPSA) is 83.8 Å². The Kier molecular flexibility index (Phi) is 7.95. The van der Waals surface area contributed by atoms with Crippen molar-refractivity contribution in [2.24, 2.45) is 0 Å². The first kappa shape index (κ1) is 27.8. The molecule has 2 heterocycles. The normalized spacial score (nSPS) is 15.3. The summed E-state index contributed by atoms with van der Waals surface area (Å²) in [5, 5.41) is 13.4. The smallest absolute Gasteiger partial charge is 0.288 e. The molecule has 1 atom stereocenters. The molecule has 0 N–H and O–H groups in total. The van der Waals surface area contributed by atoms with Crippen molar-refractivity contribution in [3.63, 3.8) is 0 Å². The molecular formula is C29H32ClN3O4S. The van der Waals surface area contributed by atoms with Crippen LogP contribution in [0.3, 0.4) is 0 Å². The number of amides is 2. The number of nitro benzene ring substituents is 1. The summed E-state index contributed by atoms with van der Waals surface area (Å²) in [5.74, 6) is -0.621. The van der Waals surface area contributed by atoms with Crippen molar-refractivity contribution in [2.45, 2.75) is 58.5 Å². The average molecular weight is 554 g/mol. The standard InChI is InChI=1S/C29H32ClN3O4S/c1-18(2)32(28(35)20-8-11-23(30)24(16-20)33(36)37)17-26(34)31-14-12-25-22(13-15-38-25)27(31)19-6-9-21(10-7-19)29(3,4)5/h6-11,13,15-16,18,27H,12,14,17H2,1-5H3. The van der Waals surface area contributed by atoms with Crippen molar-refractivity contribution < 1.29 is 14.5 Å².